The minimum atomic E-state index is 0.00644. The summed E-state index contributed by atoms with van der Waals surface area (Å²) in [5.74, 6) is 0.111. The molecule has 0 bridgehead atoms. The van der Waals surface area contributed by atoms with Gasteiger partial charge in [-0.25, -0.2) is 0 Å². The summed E-state index contributed by atoms with van der Waals surface area (Å²) in [6.07, 6.45) is 1.54. The number of likely N-dealkylation sites (N-methyl/N-ethyl adjacent to an activating group) is 1. The van der Waals surface area contributed by atoms with Gasteiger partial charge in [-0.3, -0.25) is 9.69 Å². The van der Waals surface area contributed by atoms with Crippen LogP contribution in [-0.2, 0) is 4.79 Å². The quantitative estimate of drug-likeness (QED) is 0.653. The fourth-order valence-electron chi connectivity index (χ4n) is 1.39. The van der Waals surface area contributed by atoms with Crippen molar-refractivity contribution in [1.82, 2.24) is 10.2 Å². The van der Waals surface area contributed by atoms with E-state index in [9.17, 15) is 4.79 Å². The van der Waals surface area contributed by atoms with Crippen LogP contribution in [0.2, 0.25) is 0 Å². The average molecular weight is 215 g/mol. The van der Waals surface area contributed by atoms with Gasteiger partial charge in [0.05, 0.1) is 0 Å². The number of nitrogens with zero attached hydrogens (tertiary/aromatic N) is 1. The van der Waals surface area contributed by atoms with E-state index in [1.54, 1.807) is 0 Å². The van der Waals surface area contributed by atoms with Crippen molar-refractivity contribution < 1.29 is 4.79 Å². The molecule has 15 heavy (non-hydrogen) atoms. The van der Waals surface area contributed by atoms with Gasteiger partial charge in [-0.05, 0) is 27.3 Å². The maximum Gasteiger partial charge on any atom is 0.221 e. The second-order valence-electron chi connectivity index (χ2n) is 4.18. The van der Waals surface area contributed by atoms with Gasteiger partial charge in [-0.15, -0.1) is 0 Å². The van der Waals surface area contributed by atoms with Crippen LogP contribution in [0, 0.1) is 0 Å². The molecule has 0 aliphatic rings. The highest BCUT2D eigenvalue weighted by atomic mass is 16.1. The molecule has 1 atom stereocenters. The number of rotatable bonds is 7. The highest BCUT2D eigenvalue weighted by Crippen LogP contribution is 2.15. The minimum absolute atomic E-state index is 0.00644. The summed E-state index contributed by atoms with van der Waals surface area (Å²) < 4.78 is 0. The van der Waals surface area contributed by atoms with Crippen LogP contribution in [0.3, 0.4) is 0 Å². The largest absolute Gasteiger partial charge is 0.356 e. The minimum Gasteiger partial charge on any atom is -0.356 e. The van der Waals surface area contributed by atoms with E-state index in [0.717, 1.165) is 13.0 Å². The molecule has 0 spiro atoms. The first-order valence-corrected chi connectivity index (χ1v) is 5.68. The molecule has 0 aliphatic heterocycles. The number of carbonyl (C=O) groups excluding carboxylic acids is 1. The van der Waals surface area contributed by atoms with Gasteiger partial charge in [0.2, 0.25) is 5.91 Å². The van der Waals surface area contributed by atoms with Crippen LogP contribution in [-0.4, -0.2) is 43.0 Å². The second kappa shape index (κ2) is 6.80. The Hall–Kier alpha value is -0.610. The van der Waals surface area contributed by atoms with Crippen molar-refractivity contribution in [2.24, 2.45) is 5.73 Å². The molecule has 0 saturated heterocycles. The average Bonchev–Trinajstić information content (AvgIpc) is 2.25. The summed E-state index contributed by atoms with van der Waals surface area (Å²) in [4.78, 5) is 13.5. The van der Waals surface area contributed by atoms with Crippen LogP contribution in [0.15, 0.2) is 0 Å². The van der Waals surface area contributed by atoms with E-state index >= 15 is 0 Å². The lowest BCUT2D eigenvalue weighted by atomic mass is 9.97. The van der Waals surface area contributed by atoms with Gasteiger partial charge >= 0.3 is 0 Å². The van der Waals surface area contributed by atoms with Crippen LogP contribution in [0.5, 0.6) is 0 Å². The molecule has 4 nitrogen and oxygen atoms in total. The molecule has 1 unspecified atom stereocenters. The highest BCUT2D eigenvalue weighted by molar-refractivity contribution is 5.75. The van der Waals surface area contributed by atoms with Gasteiger partial charge in [-0.2, -0.15) is 0 Å². The van der Waals surface area contributed by atoms with Gasteiger partial charge in [0, 0.05) is 31.6 Å². The first-order chi connectivity index (χ1) is 7.00. The van der Waals surface area contributed by atoms with Crippen molar-refractivity contribution in [3.05, 3.63) is 0 Å². The van der Waals surface area contributed by atoms with Gasteiger partial charge < -0.3 is 11.1 Å². The van der Waals surface area contributed by atoms with Crippen molar-refractivity contribution >= 4 is 5.91 Å². The summed E-state index contributed by atoms with van der Waals surface area (Å²) in [6, 6.07) is 0. The monoisotopic (exact) mass is 215 g/mol. The Labute approximate surface area is 93.2 Å². The zero-order valence-electron chi connectivity index (χ0n) is 10.5. The third-order valence-corrected chi connectivity index (χ3v) is 3.17. The first kappa shape index (κ1) is 14.4. The summed E-state index contributed by atoms with van der Waals surface area (Å²) in [5.41, 5.74) is 5.75. The van der Waals surface area contributed by atoms with Crippen LogP contribution in [0.4, 0.5) is 0 Å². The number of hydrogen-bond acceptors (Lipinski definition) is 3. The van der Waals surface area contributed by atoms with E-state index in [2.05, 4.69) is 24.1 Å². The Bertz CT molecular complexity index is 190. The third-order valence-electron chi connectivity index (χ3n) is 3.17. The van der Waals surface area contributed by atoms with Gasteiger partial charge in [0.1, 0.15) is 0 Å². The molecule has 1 amide bonds. The van der Waals surface area contributed by atoms with Gasteiger partial charge in [0.25, 0.3) is 0 Å². The van der Waals surface area contributed by atoms with Gasteiger partial charge in [-0.1, -0.05) is 6.92 Å². The molecule has 0 radical (unpaired) electrons. The molecular weight excluding hydrogens is 190 g/mol. The SMILES string of the molecule is CCNC(=O)CCN(C)C(C)(CC)CN. The van der Waals surface area contributed by atoms with E-state index in [1.165, 1.54) is 0 Å². The maximum absolute atomic E-state index is 11.3. The molecule has 4 heteroatoms. The fraction of sp³-hybridized carbons (Fsp3) is 0.909. The van der Waals surface area contributed by atoms with Crippen molar-refractivity contribution in [3.63, 3.8) is 0 Å². The Balaban J connectivity index is 4.01. The van der Waals surface area contributed by atoms with Crippen LogP contribution in [0.1, 0.15) is 33.6 Å². The Morgan fingerprint density at radius 2 is 2.07 bits per heavy atom. The molecule has 0 saturated carbocycles. The molecule has 0 aromatic carbocycles. The molecular formula is C11H25N3O. The maximum atomic E-state index is 11.3. The lowest BCUT2D eigenvalue weighted by molar-refractivity contribution is -0.121. The first-order valence-electron chi connectivity index (χ1n) is 5.68. The standard InChI is InChI=1S/C11H25N3O/c1-5-11(3,9-12)14(4)8-7-10(15)13-6-2/h5-9,12H2,1-4H3,(H,13,15). The fourth-order valence-corrected chi connectivity index (χ4v) is 1.39. The Morgan fingerprint density at radius 3 is 2.47 bits per heavy atom. The van der Waals surface area contributed by atoms with Gasteiger partial charge in [0.15, 0.2) is 0 Å². The number of hydrogen-bond donors (Lipinski definition) is 2. The van der Waals surface area contributed by atoms with E-state index < -0.39 is 0 Å². The molecule has 0 aromatic rings. The predicted octanol–water partition coefficient (Wildman–Crippen LogP) is 0.572. The van der Waals surface area contributed by atoms with E-state index in [4.69, 9.17) is 5.73 Å². The molecule has 0 fully saturated rings. The Morgan fingerprint density at radius 1 is 1.47 bits per heavy atom. The van der Waals surface area contributed by atoms with E-state index in [0.29, 0.717) is 19.5 Å². The van der Waals surface area contributed by atoms with Crippen LogP contribution in [0.25, 0.3) is 0 Å². The Kier molecular flexibility index (Phi) is 6.52. The number of amides is 1. The lowest BCUT2D eigenvalue weighted by Gasteiger charge is -2.37. The summed E-state index contributed by atoms with van der Waals surface area (Å²) in [7, 11) is 2.02. The highest BCUT2D eigenvalue weighted by Gasteiger charge is 2.25. The van der Waals surface area contributed by atoms with Crippen LogP contribution >= 0.6 is 0 Å². The zero-order valence-corrected chi connectivity index (χ0v) is 10.5. The molecule has 0 aliphatic carbocycles. The molecule has 0 aromatic heterocycles. The number of nitrogens with two attached hydrogens (primary N) is 1. The lowest BCUT2D eigenvalue weighted by Crippen LogP contribution is -2.50. The molecule has 0 heterocycles. The normalized spacial score (nSPS) is 15.1. The number of carbonyl (C=O) groups is 1. The van der Waals surface area contributed by atoms with Crippen molar-refractivity contribution in [2.75, 3.05) is 26.7 Å². The number of nitrogens with one attached hydrogen (secondary N) is 1. The zero-order chi connectivity index (χ0) is 11.9. The van der Waals surface area contributed by atoms with Crippen molar-refractivity contribution in [2.45, 2.75) is 39.2 Å². The molecule has 90 valence electrons. The smallest absolute Gasteiger partial charge is 0.221 e. The predicted molar refractivity (Wildman–Crippen MR) is 63.7 cm³/mol. The third kappa shape index (κ3) is 4.62. The van der Waals surface area contributed by atoms with Crippen molar-refractivity contribution in [3.8, 4) is 0 Å². The van der Waals surface area contributed by atoms with Crippen molar-refractivity contribution in [1.29, 1.82) is 0 Å². The van der Waals surface area contributed by atoms with E-state index in [1.807, 2.05) is 14.0 Å². The molecule has 3 N–H and O–H groups in total. The molecule has 0 rings (SSSR count). The summed E-state index contributed by atoms with van der Waals surface area (Å²) in [6.45, 7) is 8.26. The topological polar surface area (TPSA) is 58.4 Å². The van der Waals surface area contributed by atoms with E-state index in [-0.39, 0.29) is 11.4 Å². The second-order valence-corrected chi connectivity index (χ2v) is 4.18. The summed E-state index contributed by atoms with van der Waals surface area (Å²) in [5, 5.41) is 2.79. The van der Waals surface area contributed by atoms with Crippen LogP contribution < -0.4 is 11.1 Å². The summed E-state index contributed by atoms with van der Waals surface area (Å²) >= 11 is 0.